The molecule has 0 spiro atoms. The van der Waals surface area contributed by atoms with Crippen LogP contribution in [0.4, 0.5) is 19.0 Å². The molecule has 2 rings (SSSR count). The molecule has 0 radical (unpaired) electrons. The van der Waals surface area contributed by atoms with Crippen LogP contribution in [0.25, 0.3) is 0 Å². The number of halogens is 5. The molecule has 0 atom stereocenters. The van der Waals surface area contributed by atoms with Crippen molar-refractivity contribution in [1.29, 1.82) is 0 Å². The minimum atomic E-state index is -4.44. The van der Waals surface area contributed by atoms with Crippen molar-refractivity contribution < 1.29 is 13.2 Å². The fourth-order valence-electron chi connectivity index (χ4n) is 2.35. The Morgan fingerprint density at radius 3 is 2.53 bits per heavy atom. The summed E-state index contributed by atoms with van der Waals surface area (Å²) >= 11 is 8.95. The van der Waals surface area contributed by atoms with Crippen LogP contribution in [0.1, 0.15) is 31.2 Å². The first-order valence-electron chi connectivity index (χ1n) is 5.93. The van der Waals surface area contributed by atoms with E-state index in [0.29, 0.717) is 4.47 Å². The Balaban J connectivity index is 2.34. The van der Waals surface area contributed by atoms with Crippen LogP contribution in [0, 0.1) is 0 Å². The number of pyridine rings is 1. The van der Waals surface area contributed by atoms with E-state index in [1.807, 2.05) is 0 Å². The molecule has 7 heteroatoms. The fraction of sp³-hybridized carbons (Fsp3) is 0.583. The molecule has 0 aliphatic heterocycles. The predicted molar refractivity (Wildman–Crippen MR) is 72.5 cm³/mol. The van der Waals surface area contributed by atoms with Gasteiger partial charge >= 0.3 is 6.18 Å². The molecule has 0 amide bonds. The summed E-state index contributed by atoms with van der Waals surface area (Å²) < 4.78 is 39.3. The third-order valence-corrected chi connectivity index (χ3v) is 4.31. The van der Waals surface area contributed by atoms with Crippen molar-refractivity contribution in [2.45, 2.75) is 37.4 Å². The van der Waals surface area contributed by atoms with Gasteiger partial charge in [-0.3, -0.25) is 0 Å². The summed E-state index contributed by atoms with van der Waals surface area (Å²) in [6, 6.07) is 1.03. The van der Waals surface area contributed by atoms with Gasteiger partial charge in [0.05, 0.1) is 11.1 Å². The zero-order valence-corrected chi connectivity index (χ0v) is 12.4. The van der Waals surface area contributed by atoms with E-state index in [0.717, 1.165) is 31.7 Å². The topological polar surface area (TPSA) is 24.9 Å². The van der Waals surface area contributed by atoms with Crippen LogP contribution in [0.3, 0.4) is 0 Å². The van der Waals surface area contributed by atoms with E-state index in [-0.39, 0.29) is 11.7 Å². The molecule has 1 fully saturated rings. The number of alkyl halides is 4. The highest BCUT2D eigenvalue weighted by Gasteiger charge is 2.39. The Labute approximate surface area is 122 Å². The fourth-order valence-corrected chi connectivity index (χ4v) is 3.02. The molecule has 0 bridgehead atoms. The number of nitrogens with one attached hydrogen (secondary N) is 1. The van der Waals surface area contributed by atoms with Crippen LogP contribution in [0.2, 0.25) is 0 Å². The van der Waals surface area contributed by atoms with E-state index in [9.17, 15) is 13.2 Å². The Morgan fingerprint density at radius 1 is 1.37 bits per heavy atom. The average Bonchev–Trinajstić information content (AvgIpc) is 2.79. The van der Waals surface area contributed by atoms with Gasteiger partial charge < -0.3 is 5.32 Å². The summed E-state index contributed by atoms with van der Waals surface area (Å²) in [4.78, 5) is 3.86. The van der Waals surface area contributed by atoms with Crippen LogP contribution < -0.4 is 5.32 Å². The lowest BCUT2D eigenvalue weighted by atomic mass is 10.00. The molecule has 0 aromatic carbocycles. The quantitative estimate of drug-likeness (QED) is 0.784. The Kier molecular flexibility index (Phi) is 4.30. The first-order valence-corrected chi connectivity index (χ1v) is 7.26. The summed E-state index contributed by atoms with van der Waals surface area (Å²) in [6.45, 7) is 0. The van der Waals surface area contributed by atoms with Gasteiger partial charge in [0.2, 0.25) is 0 Å². The molecule has 1 aliphatic rings. The summed E-state index contributed by atoms with van der Waals surface area (Å²) in [5, 5.41) is 2.92. The second-order valence-electron chi connectivity index (χ2n) is 4.79. The van der Waals surface area contributed by atoms with Gasteiger partial charge in [-0.25, -0.2) is 4.98 Å². The number of rotatable bonds is 3. The van der Waals surface area contributed by atoms with Crippen molar-refractivity contribution in [2.75, 3.05) is 11.2 Å². The van der Waals surface area contributed by atoms with Gasteiger partial charge in [0.1, 0.15) is 5.82 Å². The maximum absolute atomic E-state index is 13.0. The highest BCUT2D eigenvalue weighted by atomic mass is 79.9. The van der Waals surface area contributed by atoms with Crippen LogP contribution in [0.5, 0.6) is 0 Å². The second kappa shape index (κ2) is 5.48. The van der Waals surface area contributed by atoms with Gasteiger partial charge in [-0.15, -0.1) is 11.6 Å². The van der Waals surface area contributed by atoms with Crippen LogP contribution in [-0.4, -0.2) is 16.4 Å². The normalized spacial score (nSPS) is 18.6. The first kappa shape index (κ1) is 14.9. The molecule has 0 unspecified atom stereocenters. The van der Waals surface area contributed by atoms with Crippen LogP contribution in [0.15, 0.2) is 16.7 Å². The Morgan fingerprint density at radius 2 is 2.00 bits per heavy atom. The van der Waals surface area contributed by atoms with E-state index in [2.05, 4.69) is 26.2 Å². The smallest absolute Gasteiger partial charge is 0.363 e. The summed E-state index contributed by atoms with van der Waals surface area (Å²) in [6.07, 6.45) is 0.395. The minimum absolute atomic E-state index is 0.141. The zero-order chi connectivity index (χ0) is 14.1. The Bertz CT molecular complexity index is 459. The van der Waals surface area contributed by atoms with Gasteiger partial charge in [-0.05, 0) is 34.8 Å². The SMILES string of the molecule is FC(F)(F)c1cc(Br)cnc1NC1(CCl)CCCC1. The lowest BCUT2D eigenvalue weighted by Crippen LogP contribution is -2.38. The molecule has 1 saturated carbocycles. The molecule has 1 aromatic rings. The molecule has 1 aliphatic carbocycles. The standard InChI is InChI=1S/C12H13BrClF3N2/c13-8-5-9(12(15,16)17)10(18-6-8)19-11(7-14)3-1-2-4-11/h5-6H,1-4,7H2,(H,18,19). The van der Waals surface area contributed by atoms with E-state index in [1.165, 1.54) is 6.20 Å². The second-order valence-corrected chi connectivity index (χ2v) is 5.98. The van der Waals surface area contributed by atoms with Crippen LogP contribution >= 0.6 is 27.5 Å². The molecule has 1 heterocycles. The molecule has 1 aromatic heterocycles. The van der Waals surface area contributed by atoms with E-state index in [4.69, 9.17) is 11.6 Å². The maximum Gasteiger partial charge on any atom is 0.419 e. The monoisotopic (exact) mass is 356 g/mol. The van der Waals surface area contributed by atoms with Crippen molar-refractivity contribution in [3.05, 3.63) is 22.3 Å². The lowest BCUT2D eigenvalue weighted by molar-refractivity contribution is -0.137. The highest BCUT2D eigenvalue weighted by Crippen LogP contribution is 2.39. The molecule has 0 saturated heterocycles. The van der Waals surface area contributed by atoms with Crippen molar-refractivity contribution >= 4 is 33.3 Å². The van der Waals surface area contributed by atoms with E-state index in [1.54, 1.807) is 0 Å². The van der Waals surface area contributed by atoms with Gasteiger partial charge in [0.15, 0.2) is 0 Å². The third-order valence-electron chi connectivity index (χ3n) is 3.36. The van der Waals surface area contributed by atoms with Gasteiger partial charge in [-0.1, -0.05) is 12.8 Å². The van der Waals surface area contributed by atoms with E-state index < -0.39 is 17.3 Å². The highest BCUT2D eigenvalue weighted by molar-refractivity contribution is 9.10. The number of hydrogen-bond acceptors (Lipinski definition) is 2. The number of aromatic nitrogens is 1. The summed E-state index contributed by atoms with van der Waals surface area (Å²) in [5.74, 6) is 0.139. The van der Waals surface area contributed by atoms with Gasteiger partial charge in [-0.2, -0.15) is 13.2 Å². The molecule has 19 heavy (non-hydrogen) atoms. The van der Waals surface area contributed by atoms with E-state index >= 15 is 0 Å². The minimum Gasteiger partial charge on any atom is -0.363 e. The predicted octanol–water partition coefficient (Wildman–Crippen LogP) is 4.83. The third kappa shape index (κ3) is 3.34. The molecular weight excluding hydrogens is 344 g/mol. The zero-order valence-electron chi connectivity index (χ0n) is 10.0. The summed E-state index contributed by atoms with van der Waals surface area (Å²) in [5.41, 5.74) is -1.24. The van der Waals surface area contributed by atoms with Crippen molar-refractivity contribution in [1.82, 2.24) is 4.98 Å². The van der Waals surface area contributed by atoms with Crippen molar-refractivity contribution in [3.63, 3.8) is 0 Å². The molecular formula is C12H13BrClF3N2. The first-order chi connectivity index (χ1) is 8.86. The van der Waals surface area contributed by atoms with Crippen LogP contribution in [-0.2, 0) is 6.18 Å². The lowest BCUT2D eigenvalue weighted by Gasteiger charge is -2.29. The largest absolute Gasteiger partial charge is 0.419 e. The molecule has 1 N–H and O–H groups in total. The van der Waals surface area contributed by atoms with Crippen molar-refractivity contribution in [2.24, 2.45) is 0 Å². The number of hydrogen-bond donors (Lipinski definition) is 1. The number of nitrogens with zero attached hydrogens (tertiary/aromatic N) is 1. The van der Waals surface area contributed by atoms with Gasteiger partial charge in [0.25, 0.3) is 0 Å². The average molecular weight is 358 g/mol. The summed E-state index contributed by atoms with van der Waals surface area (Å²) in [7, 11) is 0. The Hall–Kier alpha value is -0.490. The number of anilines is 1. The molecule has 2 nitrogen and oxygen atoms in total. The van der Waals surface area contributed by atoms with Gasteiger partial charge in [0, 0.05) is 16.5 Å². The maximum atomic E-state index is 13.0. The van der Waals surface area contributed by atoms with Crippen molar-refractivity contribution in [3.8, 4) is 0 Å². The molecule has 106 valence electrons.